The number of carbonyl (C=O) groups is 1. The molecule has 3 aliphatic rings. The minimum atomic E-state index is -0.216. The summed E-state index contributed by atoms with van der Waals surface area (Å²) < 4.78 is 5.91. The molecule has 1 unspecified atom stereocenters. The molecule has 5 rings (SSSR count). The van der Waals surface area contributed by atoms with Crippen molar-refractivity contribution < 1.29 is 9.53 Å². The Bertz CT molecular complexity index is 1000. The van der Waals surface area contributed by atoms with Crippen molar-refractivity contribution in [1.29, 1.82) is 0 Å². The van der Waals surface area contributed by atoms with Crippen LogP contribution in [0.5, 0.6) is 0 Å². The number of fused-ring (bicyclic) bond motifs is 2. The maximum atomic E-state index is 13.0. The molecule has 32 heavy (non-hydrogen) atoms. The standard InChI is InChI=1S/C28H33NO2S/c1-19(20-10-4-2-5-11-20)31-28(30)22-16-17-26-24(18-22)29-27(21-12-6-3-7-13-21)23-14-8-9-15-25(23)32-26/h8-9,14-21H,2-7,10-13H2,1H3. The molecule has 0 aromatic heterocycles. The first kappa shape index (κ1) is 21.8. The molecule has 2 fully saturated rings. The van der Waals surface area contributed by atoms with Crippen LogP contribution in [0.2, 0.25) is 0 Å². The fourth-order valence-electron chi connectivity index (χ4n) is 5.52. The Hall–Kier alpha value is -2.07. The van der Waals surface area contributed by atoms with Gasteiger partial charge in [0.05, 0.1) is 17.0 Å². The smallest absolute Gasteiger partial charge is 0.338 e. The molecule has 0 spiro atoms. The van der Waals surface area contributed by atoms with Crippen LogP contribution in [0.3, 0.4) is 0 Å². The van der Waals surface area contributed by atoms with E-state index in [0.717, 1.165) is 10.6 Å². The second-order valence-electron chi connectivity index (χ2n) is 9.62. The molecule has 168 valence electrons. The van der Waals surface area contributed by atoms with Gasteiger partial charge in [0.1, 0.15) is 6.10 Å². The minimum absolute atomic E-state index is 0.0264. The molecule has 4 heteroatoms. The average Bonchev–Trinajstić information content (AvgIpc) is 3.01. The zero-order chi connectivity index (χ0) is 21.9. The highest BCUT2D eigenvalue weighted by atomic mass is 32.2. The van der Waals surface area contributed by atoms with E-state index in [4.69, 9.17) is 9.73 Å². The molecule has 2 saturated carbocycles. The fourth-order valence-corrected chi connectivity index (χ4v) is 6.53. The second kappa shape index (κ2) is 9.82. The largest absolute Gasteiger partial charge is 0.459 e. The molecule has 1 aliphatic heterocycles. The third-order valence-electron chi connectivity index (χ3n) is 7.42. The summed E-state index contributed by atoms with van der Waals surface area (Å²) in [5.41, 5.74) is 3.99. The van der Waals surface area contributed by atoms with Gasteiger partial charge in [-0.1, -0.05) is 68.5 Å². The first-order valence-corrected chi connectivity index (χ1v) is 13.2. The number of aliphatic imine (C=N–C) groups is 1. The van der Waals surface area contributed by atoms with Crippen molar-refractivity contribution in [3.8, 4) is 0 Å². The van der Waals surface area contributed by atoms with Crippen LogP contribution in [0.4, 0.5) is 5.69 Å². The molecule has 3 nitrogen and oxygen atoms in total. The Morgan fingerprint density at radius 1 is 0.938 bits per heavy atom. The van der Waals surface area contributed by atoms with Crippen LogP contribution in [0.1, 0.15) is 87.1 Å². The summed E-state index contributed by atoms with van der Waals surface area (Å²) in [5, 5.41) is 0. The van der Waals surface area contributed by atoms with Crippen molar-refractivity contribution in [1.82, 2.24) is 0 Å². The number of rotatable bonds is 4. The van der Waals surface area contributed by atoms with Crippen LogP contribution in [-0.2, 0) is 4.74 Å². The van der Waals surface area contributed by atoms with E-state index in [2.05, 4.69) is 31.2 Å². The number of benzene rings is 2. The topological polar surface area (TPSA) is 38.7 Å². The SMILES string of the molecule is CC(OC(=O)c1ccc2c(c1)N=C(C1CCCCC1)c1ccccc1S2)C1CCCCC1. The lowest BCUT2D eigenvalue weighted by Crippen LogP contribution is -2.26. The van der Waals surface area contributed by atoms with E-state index in [1.54, 1.807) is 11.8 Å². The third-order valence-corrected chi connectivity index (χ3v) is 8.56. The van der Waals surface area contributed by atoms with Gasteiger partial charge in [-0.05, 0) is 62.8 Å². The van der Waals surface area contributed by atoms with Crippen LogP contribution in [0, 0.1) is 11.8 Å². The lowest BCUT2D eigenvalue weighted by molar-refractivity contribution is 0.0141. The summed E-state index contributed by atoms with van der Waals surface area (Å²) >= 11 is 1.76. The molecule has 2 aromatic rings. The summed E-state index contributed by atoms with van der Waals surface area (Å²) in [6, 6.07) is 14.5. The summed E-state index contributed by atoms with van der Waals surface area (Å²) in [6.45, 7) is 2.06. The number of hydrogen-bond donors (Lipinski definition) is 0. The molecule has 0 radical (unpaired) electrons. The molecule has 0 bridgehead atoms. The van der Waals surface area contributed by atoms with Gasteiger partial charge < -0.3 is 4.74 Å². The number of ether oxygens (including phenoxy) is 1. The zero-order valence-corrected chi connectivity index (χ0v) is 19.8. The van der Waals surface area contributed by atoms with Crippen molar-refractivity contribution in [3.63, 3.8) is 0 Å². The summed E-state index contributed by atoms with van der Waals surface area (Å²) in [5.74, 6) is 0.778. The normalized spacial score (nSPS) is 20.5. The Labute approximate surface area is 196 Å². The lowest BCUT2D eigenvalue weighted by atomic mass is 9.83. The zero-order valence-electron chi connectivity index (χ0n) is 19.0. The van der Waals surface area contributed by atoms with Crippen LogP contribution >= 0.6 is 11.8 Å². The molecule has 0 N–H and O–H groups in total. The second-order valence-corrected chi connectivity index (χ2v) is 10.7. The Morgan fingerprint density at radius 2 is 1.66 bits per heavy atom. The van der Waals surface area contributed by atoms with Gasteiger partial charge in [-0.25, -0.2) is 4.79 Å². The van der Waals surface area contributed by atoms with Gasteiger partial charge in [0.2, 0.25) is 0 Å². The van der Waals surface area contributed by atoms with Crippen LogP contribution < -0.4 is 0 Å². The maximum absolute atomic E-state index is 13.0. The van der Waals surface area contributed by atoms with Gasteiger partial charge in [-0.15, -0.1) is 0 Å². The molecule has 1 atom stereocenters. The molecule has 2 aliphatic carbocycles. The van der Waals surface area contributed by atoms with Crippen LogP contribution in [0.15, 0.2) is 57.2 Å². The van der Waals surface area contributed by atoms with Crippen molar-refractivity contribution in [2.75, 3.05) is 0 Å². The summed E-state index contributed by atoms with van der Waals surface area (Å²) in [6.07, 6.45) is 12.4. The van der Waals surface area contributed by atoms with E-state index >= 15 is 0 Å². The highest BCUT2D eigenvalue weighted by Crippen LogP contribution is 2.43. The highest BCUT2D eigenvalue weighted by Gasteiger charge is 2.27. The Kier molecular flexibility index (Phi) is 6.68. The van der Waals surface area contributed by atoms with Gasteiger partial charge >= 0.3 is 5.97 Å². The van der Waals surface area contributed by atoms with Gasteiger partial charge in [0, 0.05) is 21.3 Å². The summed E-state index contributed by atoms with van der Waals surface area (Å²) in [4.78, 5) is 20.6. The molecular formula is C28H33NO2S. The number of hydrogen-bond acceptors (Lipinski definition) is 4. The third kappa shape index (κ3) is 4.66. The van der Waals surface area contributed by atoms with E-state index < -0.39 is 0 Å². The molecular weight excluding hydrogens is 414 g/mol. The first-order chi connectivity index (χ1) is 15.7. The highest BCUT2D eigenvalue weighted by molar-refractivity contribution is 7.99. The Balaban J connectivity index is 1.43. The van der Waals surface area contributed by atoms with Gasteiger partial charge in [-0.3, -0.25) is 4.99 Å². The molecule has 0 amide bonds. The predicted octanol–water partition coefficient (Wildman–Crippen LogP) is 7.98. The number of carbonyl (C=O) groups excluding carboxylic acids is 1. The van der Waals surface area contributed by atoms with E-state index in [0.29, 0.717) is 17.4 Å². The number of nitrogens with zero attached hydrogens (tertiary/aromatic N) is 1. The quantitative estimate of drug-likeness (QED) is 0.446. The van der Waals surface area contributed by atoms with Crippen molar-refractivity contribution in [2.45, 2.75) is 87.0 Å². The van der Waals surface area contributed by atoms with Gasteiger partial charge in [0.15, 0.2) is 0 Å². The van der Waals surface area contributed by atoms with E-state index in [1.807, 2.05) is 18.2 Å². The Morgan fingerprint density at radius 3 is 2.44 bits per heavy atom. The van der Waals surface area contributed by atoms with Crippen molar-refractivity contribution in [2.24, 2.45) is 16.8 Å². The molecule has 1 heterocycles. The molecule has 2 aromatic carbocycles. The monoisotopic (exact) mass is 447 g/mol. The summed E-state index contributed by atoms with van der Waals surface area (Å²) in [7, 11) is 0. The van der Waals surface area contributed by atoms with Gasteiger partial charge in [0.25, 0.3) is 0 Å². The van der Waals surface area contributed by atoms with E-state index in [9.17, 15) is 4.79 Å². The molecule has 0 saturated heterocycles. The fraction of sp³-hybridized carbons (Fsp3) is 0.500. The van der Waals surface area contributed by atoms with E-state index in [-0.39, 0.29) is 12.1 Å². The minimum Gasteiger partial charge on any atom is -0.459 e. The average molecular weight is 448 g/mol. The first-order valence-electron chi connectivity index (χ1n) is 12.4. The van der Waals surface area contributed by atoms with Crippen molar-refractivity contribution >= 4 is 29.1 Å². The van der Waals surface area contributed by atoms with Crippen LogP contribution in [-0.4, -0.2) is 17.8 Å². The van der Waals surface area contributed by atoms with Crippen molar-refractivity contribution in [3.05, 3.63) is 53.6 Å². The maximum Gasteiger partial charge on any atom is 0.338 e. The lowest BCUT2D eigenvalue weighted by Gasteiger charge is -2.27. The number of esters is 1. The predicted molar refractivity (Wildman–Crippen MR) is 131 cm³/mol. The van der Waals surface area contributed by atoms with Gasteiger partial charge in [-0.2, -0.15) is 0 Å². The van der Waals surface area contributed by atoms with E-state index in [1.165, 1.54) is 80.4 Å². The van der Waals surface area contributed by atoms with Crippen LogP contribution in [0.25, 0.3) is 0 Å².